The fraction of sp³-hybridized carbons (Fsp3) is 0.409. The van der Waals surface area contributed by atoms with E-state index in [0.717, 1.165) is 42.7 Å². The Balaban J connectivity index is 1.52. The molecule has 0 unspecified atom stereocenters. The molecule has 1 N–H and O–H groups in total. The zero-order chi connectivity index (χ0) is 20.4. The Kier molecular flexibility index (Phi) is 5.72. The van der Waals surface area contributed by atoms with Gasteiger partial charge in [-0.15, -0.1) is 0 Å². The molecule has 0 spiro atoms. The lowest BCUT2D eigenvalue weighted by atomic mass is 10.1. The number of ether oxygens (including phenoxy) is 1. The number of nitrogens with one attached hydrogen (secondary N) is 1. The molecule has 0 radical (unpaired) electrons. The maximum Gasteiger partial charge on any atom is 0.243 e. The van der Waals surface area contributed by atoms with E-state index < -0.39 is 10.0 Å². The molecule has 7 heteroatoms. The molecule has 29 heavy (non-hydrogen) atoms. The minimum atomic E-state index is -3.51. The second kappa shape index (κ2) is 8.26. The maximum atomic E-state index is 13.2. The number of benzene rings is 2. The van der Waals surface area contributed by atoms with Crippen molar-refractivity contribution in [2.75, 3.05) is 25.1 Å². The van der Waals surface area contributed by atoms with Crippen LogP contribution in [0.3, 0.4) is 0 Å². The molecule has 4 rings (SSSR count). The van der Waals surface area contributed by atoms with E-state index in [1.165, 1.54) is 6.92 Å². The van der Waals surface area contributed by atoms with Crippen molar-refractivity contribution in [3.05, 3.63) is 48.5 Å². The van der Waals surface area contributed by atoms with Crippen LogP contribution >= 0.6 is 0 Å². The quantitative estimate of drug-likeness (QED) is 0.752. The number of sulfonamides is 1. The Morgan fingerprint density at radius 1 is 1.03 bits per heavy atom. The van der Waals surface area contributed by atoms with Gasteiger partial charge in [0.25, 0.3) is 0 Å². The highest BCUT2D eigenvalue weighted by atomic mass is 32.2. The highest BCUT2D eigenvalue weighted by Crippen LogP contribution is 2.34. The summed E-state index contributed by atoms with van der Waals surface area (Å²) < 4.78 is 33.6. The van der Waals surface area contributed by atoms with Gasteiger partial charge in [0.15, 0.2) is 0 Å². The Labute approximate surface area is 171 Å². The number of nitrogens with zero attached hydrogens (tertiary/aromatic N) is 1. The second-order valence-electron chi connectivity index (χ2n) is 7.82. The standard InChI is InChI=1S/C22H26N2O4S/c1-16(25)23-20-6-2-18(3-7-20)19-4-10-22(11-5-19)29(26,27)24(21-8-9-21)14-17-12-13-28-15-17/h2-7,10-11,17,21H,8-9,12-15H2,1H3,(H,23,25)/t17-/m1/s1. The first-order chi connectivity index (χ1) is 13.9. The molecular weight excluding hydrogens is 388 g/mol. The molecule has 2 aromatic carbocycles. The zero-order valence-corrected chi connectivity index (χ0v) is 17.3. The monoisotopic (exact) mass is 414 g/mol. The van der Waals surface area contributed by atoms with Gasteiger partial charge in [-0.2, -0.15) is 4.31 Å². The van der Waals surface area contributed by atoms with E-state index >= 15 is 0 Å². The SMILES string of the molecule is CC(=O)Nc1ccc(-c2ccc(S(=O)(=O)N(C[C@H]3CCOC3)C3CC3)cc2)cc1. The first kappa shape index (κ1) is 20.1. The molecule has 1 amide bonds. The lowest BCUT2D eigenvalue weighted by molar-refractivity contribution is -0.114. The van der Waals surface area contributed by atoms with Gasteiger partial charge in [0.05, 0.1) is 11.5 Å². The molecule has 1 saturated heterocycles. The van der Waals surface area contributed by atoms with E-state index in [-0.39, 0.29) is 17.9 Å². The number of rotatable bonds is 7. The summed E-state index contributed by atoms with van der Waals surface area (Å²) in [5.74, 6) is 0.170. The number of hydrogen-bond acceptors (Lipinski definition) is 4. The molecule has 1 heterocycles. The summed E-state index contributed by atoms with van der Waals surface area (Å²) in [5, 5.41) is 2.74. The molecule has 1 atom stereocenters. The van der Waals surface area contributed by atoms with Gasteiger partial charge >= 0.3 is 0 Å². The van der Waals surface area contributed by atoms with Gasteiger partial charge in [-0.1, -0.05) is 24.3 Å². The molecule has 1 aliphatic carbocycles. The normalized spacial score (nSPS) is 19.4. The molecule has 0 aromatic heterocycles. The van der Waals surface area contributed by atoms with Crippen molar-refractivity contribution in [1.82, 2.24) is 4.31 Å². The van der Waals surface area contributed by atoms with Crippen LogP contribution in [0.25, 0.3) is 11.1 Å². The predicted octanol–water partition coefficient (Wildman–Crippen LogP) is 3.50. The Bertz CT molecular complexity index is 961. The van der Waals surface area contributed by atoms with E-state index in [4.69, 9.17) is 4.74 Å². The van der Waals surface area contributed by atoms with Crippen molar-refractivity contribution in [2.45, 2.75) is 37.1 Å². The van der Waals surface area contributed by atoms with Gasteiger partial charge in [-0.25, -0.2) is 8.42 Å². The molecule has 6 nitrogen and oxygen atoms in total. The van der Waals surface area contributed by atoms with Gasteiger partial charge in [-0.05, 0) is 60.6 Å². The second-order valence-corrected chi connectivity index (χ2v) is 9.71. The zero-order valence-electron chi connectivity index (χ0n) is 16.5. The Hall–Kier alpha value is -2.22. The minimum Gasteiger partial charge on any atom is -0.381 e. The fourth-order valence-corrected chi connectivity index (χ4v) is 5.45. The molecule has 1 saturated carbocycles. The summed E-state index contributed by atoms with van der Waals surface area (Å²) in [7, 11) is -3.51. The van der Waals surface area contributed by atoms with E-state index in [1.54, 1.807) is 16.4 Å². The van der Waals surface area contributed by atoms with Crippen LogP contribution in [0, 0.1) is 5.92 Å². The highest BCUT2D eigenvalue weighted by molar-refractivity contribution is 7.89. The lowest BCUT2D eigenvalue weighted by Gasteiger charge is -2.24. The lowest BCUT2D eigenvalue weighted by Crippen LogP contribution is -2.37. The van der Waals surface area contributed by atoms with Crippen molar-refractivity contribution < 1.29 is 17.9 Å². The number of hydrogen-bond donors (Lipinski definition) is 1. The first-order valence-electron chi connectivity index (χ1n) is 10.0. The van der Waals surface area contributed by atoms with Crippen LogP contribution in [-0.4, -0.2) is 44.4 Å². The van der Waals surface area contributed by atoms with Crippen LogP contribution < -0.4 is 5.32 Å². The third-order valence-electron chi connectivity index (χ3n) is 5.42. The summed E-state index contributed by atoms with van der Waals surface area (Å²) in [6.07, 6.45) is 2.79. The predicted molar refractivity (Wildman–Crippen MR) is 112 cm³/mol. The summed E-state index contributed by atoms with van der Waals surface area (Å²) in [6, 6.07) is 14.7. The van der Waals surface area contributed by atoms with Gasteiger partial charge in [0.2, 0.25) is 15.9 Å². The van der Waals surface area contributed by atoms with Crippen LogP contribution in [-0.2, 0) is 19.6 Å². The van der Waals surface area contributed by atoms with Crippen molar-refractivity contribution in [1.29, 1.82) is 0 Å². The van der Waals surface area contributed by atoms with Gasteiger partial charge in [0, 0.05) is 31.8 Å². The van der Waals surface area contributed by atoms with E-state index in [2.05, 4.69) is 5.32 Å². The largest absolute Gasteiger partial charge is 0.381 e. The molecule has 2 aliphatic rings. The smallest absolute Gasteiger partial charge is 0.243 e. The summed E-state index contributed by atoms with van der Waals surface area (Å²) >= 11 is 0. The number of carbonyl (C=O) groups excluding carboxylic acids is 1. The summed E-state index contributed by atoms with van der Waals surface area (Å²) in [5.41, 5.74) is 2.63. The average Bonchev–Trinajstić information content (AvgIpc) is 3.41. The van der Waals surface area contributed by atoms with Crippen molar-refractivity contribution in [2.24, 2.45) is 5.92 Å². The third kappa shape index (κ3) is 4.69. The maximum absolute atomic E-state index is 13.2. The Morgan fingerprint density at radius 3 is 2.17 bits per heavy atom. The number of amides is 1. The van der Waals surface area contributed by atoms with Crippen LogP contribution in [0.4, 0.5) is 5.69 Å². The summed E-state index contributed by atoms with van der Waals surface area (Å²) in [6.45, 7) is 3.38. The van der Waals surface area contributed by atoms with E-state index in [9.17, 15) is 13.2 Å². The van der Waals surface area contributed by atoms with Crippen LogP contribution in [0.15, 0.2) is 53.4 Å². The first-order valence-corrected chi connectivity index (χ1v) is 11.4. The summed E-state index contributed by atoms with van der Waals surface area (Å²) in [4.78, 5) is 11.5. The molecule has 1 aliphatic heterocycles. The van der Waals surface area contributed by atoms with Gasteiger partial charge < -0.3 is 10.1 Å². The Morgan fingerprint density at radius 2 is 1.66 bits per heavy atom. The highest BCUT2D eigenvalue weighted by Gasteiger charge is 2.39. The van der Waals surface area contributed by atoms with Crippen molar-refractivity contribution in [3.8, 4) is 11.1 Å². The minimum absolute atomic E-state index is 0.114. The number of anilines is 1. The van der Waals surface area contributed by atoms with Crippen LogP contribution in [0.5, 0.6) is 0 Å². The average molecular weight is 415 g/mol. The van der Waals surface area contributed by atoms with Crippen molar-refractivity contribution >= 4 is 21.6 Å². The van der Waals surface area contributed by atoms with Gasteiger partial charge in [-0.3, -0.25) is 4.79 Å². The van der Waals surface area contributed by atoms with E-state index in [1.807, 2.05) is 36.4 Å². The topological polar surface area (TPSA) is 75.7 Å². The number of carbonyl (C=O) groups is 1. The van der Waals surface area contributed by atoms with Gasteiger partial charge in [0.1, 0.15) is 0 Å². The molecule has 0 bridgehead atoms. The fourth-order valence-electron chi connectivity index (χ4n) is 3.69. The molecule has 2 fully saturated rings. The van der Waals surface area contributed by atoms with Crippen LogP contribution in [0.2, 0.25) is 0 Å². The molecule has 2 aromatic rings. The molecule has 154 valence electrons. The van der Waals surface area contributed by atoms with Crippen LogP contribution in [0.1, 0.15) is 26.2 Å². The molecular formula is C22H26N2O4S. The van der Waals surface area contributed by atoms with E-state index in [0.29, 0.717) is 18.0 Å². The third-order valence-corrected chi connectivity index (χ3v) is 7.35. The van der Waals surface area contributed by atoms with Crippen molar-refractivity contribution in [3.63, 3.8) is 0 Å².